The van der Waals surface area contributed by atoms with Crippen LogP contribution in [0, 0.1) is 5.82 Å². The fourth-order valence-electron chi connectivity index (χ4n) is 1.46. The number of nitrogens with one attached hydrogen (secondary N) is 1. The van der Waals surface area contributed by atoms with E-state index in [0.29, 0.717) is 4.47 Å². The Hall–Kier alpha value is -1.95. The number of aryl methyl sites for hydroxylation is 1. The van der Waals surface area contributed by atoms with Gasteiger partial charge in [-0.2, -0.15) is 5.10 Å². The molecule has 4 nitrogen and oxygen atoms in total. The number of carbonyl (C=O) groups excluding carboxylic acids is 1. The van der Waals surface area contributed by atoms with Crippen LogP contribution in [-0.2, 0) is 11.8 Å². The molecule has 0 radical (unpaired) electrons. The van der Waals surface area contributed by atoms with E-state index in [2.05, 4.69) is 26.3 Å². The molecule has 0 bridgehead atoms. The van der Waals surface area contributed by atoms with Crippen molar-refractivity contribution in [3.8, 4) is 0 Å². The first-order valence-electron chi connectivity index (χ1n) is 5.47. The molecule has 1 amide bonds. The molecule has 6 heteroatoms. The van der Waals surface area contributed by atoms with Crippen LogP contribution in [0.2, 0.25) is 0 Å². The topological polar surface area (TPSA) is 46.9 Å². The first kappa shape index (κ1) is 13.5. The maximum absolute atomic E-state index is 13.5. The van der Waals surface area contributed by atoms with Gasteiger partial charge in [0, 0.05) is 29.4 Å². The Morgan fingerprint density at radius 2 is 2.32 bits per heavy atom. The van der Waals surface area contributed by atoms with Crippen LogP contribution in [0.3, 0.4) is 0 Å². The second-order valence-corrected chi connectivity index (χ2v) is 4.81. The molecule has 2 aromatic rings. The molecule has 0 atom stereocenters. The lowest BCUT2D eigenvalue weighted by molar-refractivity contribution is -0.111. The van der Waals surface area contributed by atoms with Crippen LogP contribution in [0.5, 0.6) is 0 Å². The van der Waals surface area contributed by atoms with Crippen molar-refractivity contribution in [2.75, 3.05) is 5.32 Å². The van der Waals surface area contributed by atoms with Gasteiger partial charge in [0.05, 0.1) is 11.9 Å². The van der Waals surface area contributed by atoms with E-state index >= 15 is 0 Å². The second-order valence-electron chi connectivity index (χ2n) is 3.89. The summed E-state index contributed by atoms with van der Waals surface area (Å²) in [5.74, 6) is -0.887. The lowest BCUT2D eigenvalue weighted by Gasteiger charge is -2.03. The molecule has 19 heavy (non-hydrogen) atoms. The molecule has 1 aromatic heterocycles. The van der Waals surface area contributed by atoms with Crippen molar-refractivity contribution in [1.82, 2.24) is 9.78 Å². The third-order valence-electron chi connectivity index (χ3n) is 2.34. The quantitative estimate of drug-likeness (QED) is 0.883. The highest BCUT2D eigenvalue weighted by molar-refractivity contribution is 9.10. The van der Waals surface area contributed by atoms with Crippen LogP contribution in [-0.4, -0.2) is 15.7 Å². The van der Waals surface area contributed by atoms with Gasteiger partial charge in [-0.05, 0) is 24.3 Å². The summed E-state index contributed by atoms with van der Waals surface area (Å²) in [5, 5.41) is 6.44. The summed E-state index contributed by atoms with van der Waals surface area (Å²) in [6.07, 6.45) is 6.34. The fourth-order valence-corrected chi connectivity index (χ4v) is 1.80. The molecule has 0 aliphatic carbocycles. The molecule has 2 rings (SSSR count). The Balaban J connectivity index is 2.03. The number of benzene rings is 1. The molecule has 1 heterocycles. The van der Waals surface area contributed by atoms with Crippen molar-refractivity contribution in [1.29, 1.82) is 0 Å². The summed E-state index contributed by atoms with van der Waals surface area (Å²) in [7, 11) is 1.79. The van der Waals surface area contributed by atoms with Crippen molar-refractivity contribution < 1.29 is 9.18 Å². The first-order valence-corrected chi connectivity index (χ1v) is 6.26. The zero-order valence-corrected chi connectivity index (χ0v) is 11.7. The predicted molar refractivity (Wildman–Crippen MR) is 75.0 cm³/mol. The summed E-state index contributed by atoms with van der Waals surface area (Å²) < 4.78 is 15.7. The van der Waals surface area contributed by atoms with Crippen LogP contribution >= 0.6 is 15.9 Å². The van der Waals surface area contributed by atoms with Gasteiger partial charge < -0.3 is 5.32 Å². The number of anilines is 1. The number of hydrogen-bond acceptors (Lipinski definition) is 2. The molecule has 0 aliphatic rings. The van der Waals surface area contributed by atoms with E-state index in [-0.39, 0.29) is 5.69 Å². The van der Waals surface area contributed by atoms with Crippen LogP contribution in [0.1, 0.15) is 5.56 Å². The van der Waals surface area contributed by atoms with Crippen molar-refractivity contribution in [3.63, 3.8) is 0 Å². The minimum atomic E-state index is -0.488. The van der Waals surface area contributed by atoms with Crippen LogP contribution in [0.4, 0.5) is 10.1 Å². The number of amides is 1. The van der Waals surface area contributed by atoms with Gasteiger partial charge in [0.1, 0.15) is 5.82 Å². The zero-order chi connectivity index (χ0) is 13.8. The third kappa shape index (κ3) is 3.75. The van der Waals surface area contributed by atoms with Crippen molar-refractivity contribution in [2.45, 2.75) is 0 Å². The molecular formula is C13H11BrFN3O. The number of halogens is 2. The van der Waals surface area contributed by atoms with E-state index in [1.165, 1.54) is 18.2 Å². The lowest BCUT2D eigenvalue weighted by Crippen LogP contribution is -2.09. The molecular weight excluding hydrogens is 313 g/mol. The summed E-state index contributed by atoms with van der Waals surface area (Å²) in [6, 6.07) is 4.44. The number of nitrogens with zero attached hydrogens (tertiary/aromatic N) is 2. The lowest BCUT2D eigenvalue weighted by atomic mass is 10.3. The van der Waals surface area contributed by atoms with E-state index in [9.17, 15) is 9.18 Å². The molecule has 0 aliphatic heterocycles. The summed E-state index contributed by atoms with van der Waals surface area (Å²) in [4.78, 5) is 11.6. The first-order chi connectivity index (χ1) is 9.04. The molecule has 0 fully saturated rings. The summed E-state index contributed by atoms with van der Waals surface area (Å²) in [6.45, 7) is 0. The number of rotatable bonds is 3. The van der Waals surface area contributed by atoms with E-state index in [0.717, 1.165) is 5.56 Å². The Labute approximate surface area is 118 Å². The highest BCUT2D eigenvalue weighted by Crippen LogP contribution is 2.19. The Kier molecular flexibility index (Phi) is 4.11. The van der Waals surface area contributed by atoms with Gasteiger partial charge in [0.25, 0.3) is 0 Å². The minimum Gasteiger partial charge on any atom is -0.320 e. The minimum absolute atomic E-state index is 0.143. The third-order valence-corrected chi connectivity index (χ3v) is 2.83. The molecule has 98 valence electrons. The van der Waals surface area contributed by atoms with E-state index < -0.39 is 11.7 Å². The smallest absolute Gasteiger partial charge is 0.248 e. The monoisotopic (exact) mass is 323 g/mol. The number of hydrogen-bond donors (Lipinski definition) is 1. The van der Waals surface area contributed by atoms with Gasteiger partial charge in [-0.25, -0.2) is 4.39 Å². The maximum Gasteiger partial charge on any atom is 0.248 e. The predicted octanol–water partition coefficient (Wildman–Crippen LogP) is 2.97. The number of aromatic nitrogens is 2. The average Bonchev–Trinajstić information content (AvgIpc) is 2.76. The molecule has 1 N–H and O–H groups in total. The molecule has 0 spiro atoms. The van der Waals surface area contributed by atoms with E-state index in [4.69, 9.17) is 0 Å². The second kappa shape index (κ2) is 5.79. The van der Waals surface area contributed by atoms with E-state index in [1.807, 2.05) is 0 Å². The van der Waals surface area contributed by atoms with Crippen molar-refractivity contribution >= 4 is 33.6 Å². The largest absolute Gasteiger partial charge is 0.320 e. The fraction of sp³-hybridized carbons (Fsp3) is 0.0769. The van der Waals surface area contributed by atoms with Gasteiger partial charge in [-0.1, -0.05) is 15.9 Å². The van der Waals surface area contributed by atoms with Crippen molar-refractivity contribution in [3.05, 3.63) is 52.5 Å². The SMILES string of the molecule is Cn1cc(/C=C/C(=O)Nc2ccc(Br)cc2F)cn1. The molecule has 0 saturated carbocycles. The Morgan fingerprint density at radius 3 is 2.95 bits per heavy atom. The van der Waals surface area contributed by atoms with Gasteiger partial charge in [0.2, 0.25) is 5.91 Å². The standard InChI is InChI=1S/C13H11BrFN3O/c1-18-8-9(7-16-18)2-5-13(19)17-12-4-3-10(14)6-11(12)15/h2-8H,1H3,(H,17,19)/b5-2+. The van der Waals surface area contributed by atoms with Crippen LogP contribution in [0.15, 0.2) is 41.1 Å². The highest BCUT2D eigenvalue weighted by atomic mass is 79.9. The summed E-state index contributed by atoms with van der Waals surface area (Å²) >= 11 is 3.15. The molecule has 0 unspecified atom stereocenters. The Morgan fingerprint density at radius 1 is 1.53 bits per heavy atom. The zero-order valence-electron chi connectivity index (χ0n) is 10.1. The van der Waals surface area contributed by atoms with Gasteiger partial charge in [-0.15, -0.1) is 0 Å². The van der Waals surface area contributed by atoms with Gasteiger partial charge in [0.15, 0.2) is 0 Å². The average molecular weight is 324 g/mol. The normalized spacial score (nSPS) is 10.9. The Bertz CT molecular complexity index is 637. The van der Waals surface area contributed by atoms with Crippen LogP contribution in [0.25, 0.3) is 6.08 Å². The van der Waals surface area contributed by atoms with Gasteiger partial charge >= 0.3 is 0 Å². The van der Waals surface area contributed by atoms with Gasteiger partial charge in [-0.3, -0.25) is 9.48 Å². The summed E-state index contributed by atoms with van der Waals surface area (Å²) in [5.41, 5.74) is 0.943. The highest BCUT2D eigenvalue weighted by Gasteiger charge is 2.04. The number of carbonyl (C=O) groups is 1. The molecule has 1 aromatic carbocycles. The maximum atomic E-state index is 13.5. The van der Waals surface area contributed by atoms with E-state index in [1.54, 1.807) is 36.3 Å². The van der Waals surface area contributed by atoms with Crippen LogP contribution < -0.4 is 5.32 Å². The van der Waals surface area contributed by atoms with Crippen molar-refractivity contribution in [2.24, 2.45) is 7.05 Å². The molecule has 0 saturated heterocycles.